The molecule has 7 nitrogen and oxygen atoms in total. The summed E-state index contributed by atoms with van der Waals surface area (Å²) in [5.41, 5.74) is 1.76. The molecule has 1 aliphatic heterocycles. The van der Waals surface area contributed by atoms with Crippen molar-refractivity contribution >= 4 is 11.9 Å². The molecule has 1 aromatic heterocycles. The number of rotatable bonds is 12. The van der Waals surface area contributed by atoms with Crippen LogP contribution in [-0.4, -0.2) is 65.1 Å². The van der Waals surface area contributed by atoms with Gasteiger partial charge in [0.2, 0.25) is 5.91 Å². The lowest BCUT2D eigenvalue weighted by molar-refractivity contribution is -0.144. The van der Waals surface area contributed by atoms with Gasteiger partial charge in [-0.05, 0) is 42.2 Å². The van der Waals surface area contributed by atoms with Crippen molar-refractivity contribution in [2.45, 2.75) is 51.5 Å². The smallest absolute Gasteiger partial charge is 0.309 e. The SMILES string of the molecule is CCCCN(CCCC)C(=O)CN1CC(c2cccnc2)C(C(=O)O)C1c1ccc(OC)cc1. The summed E-state index contributed by atoms with van der Waals surface area (Å²) in [6.45, 7) is 6.41. The number of nitrogens with zero attached hydrogens (tertiary/aromatic N) is 3. The minimum atomic E-state index is -0.863. The van der Waals surface area contributed by atoms with Gasteiger partial charge in [-0.1, -0.05) is 44.9 Å². The van der Waals surface area contributed by atoms with Crippen LogP contribution in [0, 0.1) is 5.92 Å². The van der Waals surface area contributed by atoms with Gasteiger partial charge in [0.1, 0.15) is 5.75 Å². The van der Waals surface area contributed by atoms with Gasteiger partial charge in [-0.15, -0.1) is 0 Å². The standard InChI is InChI=1S/C27H37N3O4/c1-4-6-15-29(16-7-5-2)24(31)19-30-18-23(21-9-8-14-28-17-21)25(27(32)33)26(30)20-10-12-22(34-3)13-11-20/h8-14,17,23,25-26H,4-7,15-16,18-19H2,1-3H3,(H,32,33). The Morgan fingerprint density at radius 3 is 2.29 bits per heavy atom. The zero-order chi connectivity index (χ0) is 24.5. The summed E-state index contributed by atoms with van der Waals surface area (Å²) >= 11 is 0. The first-order valence-corrected chi connectivity index (χ1v) is 12.3. The molecule has 0 radical (unpaired) electrons. The average Bonchev–Trinajstić information content (AvgIpc) is 3.24. The van der Waals surface area contributed by atoms with Crippen LogP contribution in [0.2, 0.25) is 0 Å². The third-order valence-corrected chi connectivity index (χ3v) is 6.71. The number of ether oxygens (including phenoxy) is 1. The maximum atomic E-state index is 13.4. The Bertz CT molecular complexity index is 911. The van der Waals surface area contributed by atoms with Crippen LogP contribution in [0.3, 0.4) is 0 Å². The quantitative estimate of drug-likeness (QED) is 0.499. The van der Waals surface area contributed by atoms with Crippen LogP contribution in [0.25, 0.3) is 0 Å². The molecule has 2 heterocycles. The summed E-state index contributed by atoms with van der Waals surface area (Å²) in [4.78, 5) is 34.2. The molecule has 3 rings (SSSR count). The van der Waals surface area contributed by atoms with Crippen molar-refractivity contribution in [3.05, 3.63) is 59.9 Å². The van der Waals surface area contributed by atoms with E-state index in [1.165, 1.54) is 0 Å². The van der Waals surface area contributed by atoms with Crippen LogP contribution < -0.4 is 4.74 Å². The Hall–Kier alpha value is -2.93. The Morgan fingerprint density at radius 2 is 1.76 bits per heavy atom. The molecule has 0 saturated carbocycles. The molecule has 2 aromatic rings. The van der Waals surface area contributed by atoms with Crippen LogP contribution >= 0.6 is 0 Å². The molecule has 7 heteroatoms. The van der Waals surface area contributed by atoms with E-state index in [9.17, 15) is 14.7 Å². The summed E-state index contributed by atoms with van der Waals surface area (Å²) in [7, 11) is 1.61. The number of aliphatic carboxylic acids is 1. The number of carboxylic acids is 1. The number of methoxy groups -OCH3 is 1. The lowest BCUT2D eigenvalue weighted by atomic mass is 9.83. The molecule has 1 amide bonds. The predicted molar refractivity (Wildman–Crippen MR) is 132 cm³/mol. The molecule has 0 bridgehead atoms. The third-order valence-electron chi connectivity index (χ3n) is 6.71. The summed E-state index contributed by atoms with van der Waals surface area (Å²) in [5.74, 6) is -1.03. The normalized spacial score (nSPS) is 20.3. The molecule has 0 aliphatic carbocycles. The van der Waals surface area contributed by atoms with Crippen LogP contribution in [0.5, 0.6) is 5.75 Å². The number of likely N-dealkylation sites (tertiary alicyclic amines) is 1. The van der Waals surface area contributed by atoms with Gasteiger partial charge in [-0.3, -0.25) is 19.5 Å². The van der Waals surface area contributed by atoms with Gasteiger partial charge in [-0.2, -0.15) is 0 Å². The van der Waals surface area contributed by atoms with Gasteiger partial charge in [0.25, 0.3) is 0 Å². The molecule has 1 fully saturated rings. The monoisotopic (exact) mass is 467 g/mol. The fourth-order valence-corrected chi connectivity index (χ4v) is 4.86. The van der Waals surface area contributed by atoms with E-state index >= 15 is 0 Å². The maximum Gasteiger partial charge on any atom is 0.309 e. The summed E-state index contributed by atoms with van der Waals surface area (Å²) in [5, 5.41) is 10.3. The number of carbonyl (C=O) groups is 2. The molecule has 0 spiro atoms. The summed E-state index contributed by atoms with van der Waals surface area (Å²) in [6.07, 6.45) is 7.42. The number of carbonyl (C=O) groups excluding carboxylic acids is 1. The van der Waals surface area contributed by atoms with E-state index in [1.807, 2.05) is 46.2 Å². The zero-order valence-corrected chi connectivity index (χ0v) is 20.5. The highest BCUT2D eigenvalue weighted by molar-refractivity contribution is 5.79. The highest BCUT2D eigenvalue weighted by Crippen LogP contribution is 2.46. The van der Waals surface area contributed by atoms with Crippen molar-refractivity contribution < 1.29 is 19.4 Å². The van der Waals surface area contributed by atoms with Crippen LogP contribution in [0.15, 0.2) is 48.8 Å². The van der Waals surface area contributed by atoms with Crippen molar-refractivity contribution in [2.75, 3.05) is 33.3 Å². The Balaban J connectivity index is 1.94. The van der Waals surface area contributed by atoms with E-state index in [-0.39, 0.29) is 18.4 Å². The van der Waals surface area contributed by atoms with Crippen molar-refractivity contribution in [1.82, 2.24) is 14.8 Å². The molecule has 1 N–H and O–H groups in total. The van der Waals surface area contributed by atoms with E-state index in [4.69, 9.17) is 4.74 Å². The maximum absolute atomic E-state index is 13.4. The van der Waals surface area contributed by atoms with Crippen molar-refractivity contribution in [2.24, 2.45) is 5.92 Å². The number of pyridine rings is 1. The van der Waals surface area contributed by atoms with E-state index in [0.717, 1.165) is 49.9 Å². The topological polar surface area (TPSA) is 83.0 Å². The molecular weight excluding hydrogens is 430 g/mol. The minimum absolute atomic E-state index is 0.0661. The molecule has 3 atom stereocenters. The van der Waals surface area contributed by atoms with Gasteiger partial charge >= 0.3 is 5.97 Å². The summed E-state index contributed by atoms with van der Waals surface area (Å²) < 4.78 is 5.30. The van der Waals surface area contributed by atoms with E-state index in [2.05, 4.69) is 18.8 Å². The second-order valence-electron chi connectivity index (χ2n) is 8.99. The second-order valence-corrected chi connectivity index (χ2v) is 8.99. The first kappa shape index (κ1) is 25.7. The molecule has 1 saturated heterocycles. The molecule has 34 heavy (non-hydrogen) atoms. The first-order valence-electron chi connectivity index (χ1n) is 12.3. The van der Waals surface area contributed by atoms with E-state index in [0.29, 0.717) is 12.3 Å². The second kappa shape index (κ2) is 12.5. The molecular formula is C27H37N3O4. The third kappa shape index (κ3) is 6.14. The van der Waals surface area contributed by atoms with Gasteiger partial charge in [0.05, 0.1) is 19.6 Å². The fourth-order valence-electron chi connectivity index (χ4n) is 4.86. The molecule has 1 aliphatic rings. The average molecular weight is 468 g/mol. The van der Waals surface area contributed by atoms with Crippen molar-refractivity contribution in [3.63, 3.8) is 0 Å². The fraction of sp³-hybridized carbons (Fsp3) is 0.519. The Morgan fingerprint density at radius 1 is 1.09 bits per heavy atom. The predicted octanol–water partition coefficient (Wildman–Crippen LogP) is 4.36. The molecule has 3 unspecified atom stereocenters. The van der Waals surface area contributed by atoms with Crippen LogP contribution in [-0.2, 0) is 9.59 Å². The number of hydrogen-bond donors (Lipinski definition) is 1. The molecule has 1 aromatic carbocycles. The lowest BCUT2D eigenvalue weighted by Gasteiger charge is -2.30. The van der Waals surface area contributed by atoms with E-state index < -0.39 is 17.9 Å². The largest absolute Gasteiger partial charge is 0.497 e. The number of unbranched alkanes of at least 4 members (excludes halogenated alkanes) is 2. The highest BCUT2D eigenvalue weighted by Gasteiger charge is 2.48. The number of aromatic nitrogens is 1. The van der Waals surface area contributed by atoms with Crippen LogP contribution in [0.1, 0.15) is 62.6 Å². The van der Waals surface area contributed by atoms with E-state index in [1.54, 1.807) is 19.5 Å². The van der Waals surface area contributed by atoms with Gasteiger partial charge < -0.3 is 14.7 Å². The number of benzene rings is 1. The number of amides is 1. The zero-order valence-electron chi connectivity index (χ0n) is 20.5. The molecule has 184 valence electrons. The van der Waals surface area contributed by atoms with Crippen molar-refractivity contribution in [3.8, 4) is 5.75 Å². The van der Waals surface area contributed by atoms with Crippen LogP contribution in [0.4, 0.5) is 0 Å². The number of hydrogen-bond acceptors (Lipinski definition) is 5. The summed E-state index contributed by atoms with van der Waals surface area (Å²) in [6, 6.07) is 10.9. The van der Waals surface area contributed by atoms with Gasteiger partial charge in [-0.25, -0.2) is 0 Å². The first-order chi connectivity index (χ1) is 16.5. The van der Waals surface area contributed by atoms with Gasteiger partial charge in [0, 0.05) is 44.0 Å². The Kier molecular flexibility index (Phi) is 9.45. The lowest BCUT2D eigenvalue weighted by Crippen LogP contribution is -2.42. The highest BCUT2D eigenvalue weighted by atomic mass is 16.5. The van der Waals surface area contributed by atoms with Crippen molar-refractivity contribution in [1.29, 1.82) is 0 Å². The minimum Gasteiger partial charge on any atom is -0.497 e. The Labute approximate surface area is 202 Å². The van der Waals surface area contributed by atoms with Gasteiger partial charge in [0.15, 0.2) is 0 Å². The number of carboxylic acid groups (broad SMARTS) is 1.